The first-order valence-electron chi connectivity index (χ1n) is 12.5. The van der Waals surface area contributed by atoms with Gasteiger partial charge in [-0.3, -0.25) is 0 Å². The number of ether oxygens (including phenoxy) is 2. The van der Waals surface area contributed by atoms with Gasteiger partial charge in [0.15, 0.2) is 11.5 Å². The lowest BCUT2D eigenvalue weighted by molar-refractivity contribution is 0.251. The van der Waals surface area contributed by atoms with Gasteiger partial charge in [-0.1, -0.05) is 6.08 Å². The van der Waals surface area contributed by atoms with Gasteiger partial charge in [-0.2, -0.15) is 4.98 Å². The zero-order valence-corrected chi connectivity index (χ0v) is 19.7. The minimum absolute atomic E-state index is 0.582. The molecule has 5 rings (SSSR count). The normalized spacial score (nSPS) is 17.9. The number of anilines is 3. The fraction of sp³-hybridized carbons (Fsp3) is 0.538. The molecule has 1 aliphatic carbocycles. The van der Waals surface area contributed by atoms with Crippen molar-refractivity contribution in [3.63, 3.8) is 0 Å². The van der Waals surface area contributed by atoms with E-state index in [1.54, 1.807) is 0 Å². The smallest absolute Gasteiger partial charge is 0.229 e. The van der Waals surface area contributed by atoms with Gasteiger partial charge in [0.2, 0.25) is 5.95 Å². The average molecular weight is 450 g/mol. The predicted octanol–water partition coefficient (Wildman–Crippen LogP) is 5.02. The molecule has 176 valence electrons. The molecule has 2 aromatic rings. The van der Waals surface area contributed by atoms with Crippen LogP contribution in [0.3, 0.4) is 0 Å². The van der Waals surface area contributed by atoms with Crippen molar-refractivity contribution >= 4 is 23.0 Å². The third-order valence-electron chi connectivity index (χ3n) is 6.74. The van der Waals surface area contributed by atoms with E-state index >= 15 is 0 Å². The number of fused-ring (bicyclic) bond motifs is 1. The van der Waals surface area contributed by atoms with Crippen molar-refractivity contribution in [2.75, 3.05) is 50.5 Å². The Morgan fingerprint density at radius 2 is 2.03 bits per heavy atom. The highest BCUT2D eigenvalue weighted by molar-refractivity contribution is 5.75. The maximum absolute atomic E-state index is 6.18. The monoisotopic (exact) mass is 449 g/mol. The lowest BCUT2D eigenvalue weighted by Crippen LogP contribution is -2.21. The van der Waals surface area contributed by atoms with E-state index in [0.717, 1.165) is 60.8 Å². The summed E-state index contributed by atoms with van der Waals surface area (Å²) in [7, 11) is 1.92. The van der Waals surface area contributed by atoms with E-state index in [-0.39, 0.29) is 0 Å². The molecule has 1 saturated heterocycles. The highest BCUT2D eigenvalue weighted by Gasteiger charge is 2.20. The van der Waals surface area contributed by atoms with E-state index in [0.29, 0.717) is 19.2 Å². The van der Waals surface area contributed by atoms with Gasteiger partial charge in [0, 0.05) is 49.1 Å². The van der Waals surface area contributed by atoms with Crippen LogP contribution in [0.15, 0.2) is 24.4 Å². The number of hydrogen-bond acceptors (Lipinski definition) is 7. The van der Waals surface area contributed by atoms with Crippen LogP contribution in [0.25, 0.3) is 5.57 Å². The summed E-state index contributed by atoms with van der Waals surface area (Å²) in [6, 6.07) is 4.14. The summed E-state index contributed by atoms with van der Waals surface area (Å²) in [4.78, 5) is 11.9. The molecule has 0 atom stereocenters. The van der Waals surface area contributed by atoms with E-state index in [4.69, 9.17) is 14.5 Å². The first-order valence-corrected chi connectivity index (χ1v) is 12.5. The van der Waals surface area contributed by atoms with E-state index in [2.05, 4.69) is 32.7 Å². The largest absolute Gasteiger partial charge is 0.490 e. The molecule has 0 radical (unpaired) electrons. The van der Waals surface area contributed by atoms with Gasteiger partial charge in [0.25, 0.3) is 0 Å². The summed E-state index contributed by atoms with van der Waals surface area (Å²) in [6.07, 6.45) is 13.6. The number of nitrogens with zero attached hydrogens (tertiary/aromatic N) is 3. The minimum Gasteiger partial charge on any atom is -0.490 e. The van der Waals surface area contributed by atoms with E-state index in [9.17, 15) is 0 Å². The van der Waals surface area contributed by atoms with Crippen LogP contribution in [-0.4, -0.2) is 54.8 Å². The van der Waals surface area contributed by atoms with Crippen LogP contribution in [0.1, 0.15) is 56.1 Å². The molecular formula is C26H35N5O2. The minimum atomic E-state index is 0.582. The molecule has 1 aromatic carbocycles. The summed E-state index contributed by atoms with van der Waals surface area (Å²) in [6.45, 7) is 4.95. The Morgan fingerprint density at radius 3 is 2.85 bits per heavy atom. The number of allylic oxidation sites excluding steroid dienone is 2. The Morgan fingerprint density at radius 1 is 1.12 bits per heavy atom. The molecule has 2 aliphatic heterocycles. The maximum atomic E-state index is 6.18. The summed E-state index contributed by atoms with van der Waals surface area (Å²) >= 11 is 0. The Labute approximate surface area is 196 Å². The highest BCUT2D eigenvalue weighted by Crippen LogP contribution is 2.39. The Bertz CT molecular complexity index is 1000. The number of rotatable bonds is 9. The zero-order chi connectivity index (χ0) is 22.5. The van der Waals surface area contributed by atoms with Crippen LogP contribution < -0.4 is 20.1 Å². The van der Waals surface area contributed by atoms with Gasteiger partial charge in [0.1, 0.15) is 5.82 Å². The fourth-order valence-corrected chi connectivity index (χ4v) is 5.01. The molecule has 0 bridgehead atoms. The molecule has 0 amide bonds. The third-order valence-corrected chi connectivity index (χ3v) is 6.74. The fourth-order valence-electron chi connectivity index (χ4n) is 5.01. The van der Waals surface area contributed by atoms with Crippen LogP contribution >= 0.6 is 0 Å². The highest BCUT2D eigenvalue weighted by atomic mass is 16.5. The summed E-state index contributed by atoms with van der Waals surface area (Å²) in [5.74, 6) is 3.15. The third kappa shape index (κ3) is 5.24. The molecular weight excluding hydrogens is 414 g/mol. The topological polar surface area (TPSA) is 71.5 Å². The quantitative estimate of drug-likeness (QED) is 0.521. The number of likely N-dealkylation sites (tertiary alicyclic amines) is 1. The Hall–Kier alpha value is -2.80. The first-order chi connectivity index (χ1) is 16.3. The van der Waals surface area contributed by atoms with Crippen molar-refractivity contribution in [2.45, 2.75) is 51.4 Å². The molecule has 3 heterocycles. The predicted molar refractivity (Wildman–Crippen MR) is 133 cm³/mol. The SMILES string of the molecule is CNc1nc(Nc2cc3c(c(OCCCN4CCCC4)c2)OCC3)ncc1C1=CCCCC1. The van der Waals surface area contributed by atoms with Gasteiger partial charge in [-0.25, -0.2) is 4.98 Å². The van der Waals surface area contributed by atoms with Gasteiger partial charge in [-0.05, 0) is 69.7 Å². The van der Waals surface area contributed by atoms with Crippen molar-refractivity contribution in [3.8, 4) is 11.5 Å². The van der Waals surface area contributed by atoms with Crippen molar-refractivity contribution in [2.24, 2.45) is 0 Å². The molecule has 7 nitrogen and oxygen atoms in total. The second-order valence-corrected chi connectivity index (χ2v) is 9.12. The summed E-state index contributed by atoms with van der Waals surface area (Å²) in [5, 5.41) is 6.64. The molecule has 7 heteroatoms. The maximum Gasteiger partial charge on any atom is 0.229 e. The standard InChI is InChI=1S/C26H35N5O2/c1-27-25-22(19-8-3-2-4-9-19)18-28-26(30-25)29-21-16-20-10-15-33-24(20)23(17-21)32-14-7-13-31-11-5-6-12-31/h8,16-18H,2-7,9-15H2,1H3,(H2,27,28,29,30). The number of hydrogen-bond donors (Lipinski definition) is 2. The molecule has 1 fully saturated rings. The summed E-state index contributed by atoms with van der Waals surface area (Å²) in [5.41, 5.74) is 4.55. The van der Waals surface area contributed by atoms with Crippen LogP contribution in [0.5, 0.6) is 11.5 Å². The van der Waals surface area contributed by atoms with Gasteiger partial charge in [-0.15, -0.1) is 0 Å². The van der Waals surface area contributed by atoms with E-state index < -0.39 is 0 Å². The van der Waals surface area contributed by atoms with E-state index in [1.807, 2.05) is 19.3 Å². The molecule has 33 heavy (non-hydrogen) atoms. The van der Waals surface area contributed by atoms with Crippen molar-refractivity contribution < 1.29 is 9.47 Å². The molecule has 3 aliphatic rings. The number of benzene rings is 1. The molecule has 0 spiro atoms. The van der Waals surface area contributed by atoms with Crippen molar-refractivity contribution in [3.05, 3.63) is 35.5 Å². The summed E-state index contributed by atoms with van der Waals surface area (Å²) < 4.78 is 12.1. The lowest BCUT2D eigenvalue weighted by Gasteiger charge is -2.17. The van der Waals surface area contributed by atoms with Crippen LogP contribution in [0, 0.1) is 0 Å². The number of aromatic nitrogens is 2. The Balaban J connectivity index is 1.29. The molecule has 0 saturated carbocycles. The second-order valence-electron chi connectivity index (χ2n) is 9.12. The molecule has 2 N–H and O–H groups in total. The van der Waals surface area contributed by atoms with Gasteiger partial charge < -0.3 is 25.0 Å². The van der Waals surface area contributed by atoms with E-state index in [1.165, 1.54) is 49.9 Å². The molecule has 0 unspecified atom stereocenters. The lowest BCUT2D eigenvalue weighted by atomic mass is 9.95. The second kappa shape index (κ2) is 10.4. The number of nitrogens with one attached hydrogen (secondary N) is 2. The Kier molecular flexibility index (Phi) is 6.95. The van der Waals surface area contributed by atoms with Crippen molar-refractivity contribution in [1.82, 2.24) is 14.9 Å². The van der Waals surface area contributed by atoms with Gasteiger partial charge in [0.05, 0.1) is 13.2 Å². The van der Waals surface area contributed by atoms with Gasteiger partial charge >= 0.3 is 0 Å². The van der Waals surface area contributed by atoms with Crippen LogP contribution in [0.4, 0.5) is 17.5 Å². The first kappa shape index (κ1) is 22.0. The van der Waals surface area contributed by atoms with Crippen molar-refractivity contribution in [1.29, 1.82) is 0 Å². The van der Waals surface area contributed by atoms with Crippen LogP contribution in [-0.2, 0) is 6.42 Å². The average Bonchev–Trinajstić information content (AvgIpc) is 3.54. The molecule has 1 aromatic heterocycles. The van der Waals surface area contributed by atoms with Crippen LogP contribution in [0.2, 0.25) is 0 Å². The zero-order valence-electron chi connectivity index (χ0n) is 19.7.